The molecule has 0 unspecified atom stereocenters. The first-order chi connectivity index (χ1) is 7.86. The van der Waals surface area contributed by atoms with Gasteiger partial charge in [0.15, 0.2) is 5.43 Å². The number of aromatic nitrogens is 1. The van der Waals surface area contributed by atoms with Crippen LogP contribution in [0.15, 0.2) is 23.3 Å². The monoisotopic (exact) mass is 221 g/mol. The number of hydrogen-bond acceptors (Lipinski definition) is 3. The van der Waals surface area contributed by atoms with Crippen LogP contribution in [0.3, 0.4) is 0 Å². The van der Waals surface area contributed by atoms with Crippen LogP contribution in [0.1, 0.15) is 18.4 Å². The SMILES string of the molecule is O=c1cc[nH]cc1CNCCN1CCCC1. The van der Waals surface area contributed by atoms with E-state index in [1.807, 2.05) is 0 Å². The number of likely N-dealkylation sites (tertiary alicyclic amines) is 1. The Balaban J connectivity index is 1.68. The molecule has 88 valence electrons. The summed E-state index contributed by atoms with van der Waals surface area (Å²) in [5, 5.41) is 3.31. The number of hydrogen-bond donors (Lipinski definition) is 2. The van der Waals surface area contributed by atoms with Crippen LogP contribution in [0.4, 0.5) is 0 Å². The van der Waals surface area contributed by atoms with E-state index in [4.69, 9.17) is 0 Å². The number of nitrogens with zero attached hydrogens (tertiary/aromatic N) is 1. The fourth-order valence-electron chi connectivity index (χ4n) is 2.06. The highest BCUT2D eigenvalue weighted by molar-refractivity contribution is 5.08. The van der Waals surface area contributed by atoms with Crippen molar-refractivity contribution in [3.05, 3.63) is 34.2 Å². The molecule has 2 N–H and O–H groups in total. The molecule has 0 amide bonds. The van der Waals surface area contributed by atoms with Gasteiger partial charge < -0.3 is 15.2 Å². The standard InChI is InChI=1S/C12H19N3O/c16-12-3-4-13-9-11(12)10-14-5-8-15-6-1-2-7-15/h3-4,9,14H,1-2,5-8,10H2,(H,13,16). The number of pyridine rings is 1. The molecule has 1 saturated heterocycles. The minimum absolute atomic E-state index is 0.104. The average Bonchev–Trinajstić information content (AvgIpc) is 2.79. The second-order valence-corrected chi connectivity index (χ2v) is 4.26. The van der Waals surface area contributed by atoms with Crippen LogP contribution < -0.4 is 10.7 Å². The lowest BCUT2D eigenvalue weighted by atomic mass is 10.3. The molecule has 16 heavy (non-hydrogen) atoms. The van der Waals surface area contributed by atoms with Gasteiger partial charge in [-0.1, -0.05) is 0 Å². The van der Waals surface area contributed by atoms with E-state index in [9.17, 15) is 4.79 Å². The molecule has 0 bridgehead atoms. The molecule has 2 rings (SSSR count). The molecule has 1 aliphatic rings. The first-order valence-corrected chi connectivity index (χ1v) is 5.95. The summed E-state index contributed by atoms with van der Waals surface area (Å²) < 4.78 is 0. The topological polar surface area (TPSA) is 48.1 Å². The molecule has 0 aromatic carbocycles. The molecule has 4 nitrogen and oxygen atoms in total. The largest absolute Gasteiger partial charge is 0.367 e. The summed E-state index contributed by atoms with van der Waals surface area (Å²) in [5.74, 6) is 0. The molecule has 1 aliphatic heterocycles. The highest BCUT2D eigenvalue weighted by Gasteiger charge is 2.09. The van der Waals surface area contributed by atoms with Crippen molar-refractivity contribution >= 4 is 0 Å². The van der Waals surface area contributed by atoms with E-state index in [0.717, 1.165) is 18.7 Å². The van der Waals surface area contributed by atoms with E-state index in [1.54, 1.807) is 18.5 Å². The van der Waals surface area contributed by atoms with Gasteiger partial charge in [0.05, 0.1) is 0 Å². The highest BCUT2D eigenvalue weighted by Crippen LogP contribution is 2.05. The number of H-pyrrole nitrogens is 1. The van der Waals surface area contributed by atoms with Crippen molar-refractivity contribution in [3.63, 3.8) is 0 Å². The molecule has 1 fully saturated rings. The van der Waals surface area contributed by atoms with Gasteiger partial charge in [-0.25, -0.2) is 0 Å². The van der Waals surface area contributed by atoms with Crippen molar-refractivity contribution in [2.75, 3.05) is 26.2 Å². The Bertz CT molecular complexity index is 369. The Morgan fingerprint density at radius 1 is 1.38 bits per heavy atom. The van der Waals surface area contributed by atoms with Crippen molar-refractivity contribution in [3.8, 4) is 0 Å². The quantitative estimate of drug-likeness (QED) is 0.714. The van der Waals surface area contributed by atoms with Crippen LogP contribution in [0.2, 0.25) is 0 Å². The zero-order chi connectivity index (χ0) is 11.2. The molecule has 0 saturated carbocycles. The van der Waals surface area contributed by atoms with Crippen LogP contribution in [-0.4, -0.2) is 36.1 Å². The number of aromatic amines is 1. The average molecular weight is 221 g/mol. The Labute approximate surface area is 95.7 Å². The highest BCUT2D eigenvalue weighted by atomic mass is 16.1. The summed E-state index contributed by atoms with van der Waals surface area (Å²) in [4.78, 5) is 16.8. The van der Waals surface area contributed by atoms with Crippen molar-refractivity contribution < 1.29 is 0 Å². The van der Waals surface area contributed by atoms with E-state index in [2.05, 4.69) is 15.2 Å². The van der Waals surface area contributed by atoms with Crippen molar-refractivity contribution in [2.24, 2.45) is 0 Å². The zero-order valence-electron chi connectivity index (χ0n) is 9.54. The Kier molecular flexibility index (Phi) is 4.13. The van der Waals surface area contributed by atoms with Gasteiger partial charge in [-0.05, 0) is 25.9 Å². The van der Waals surface area contributed by atoms with Gasteiger partial charge in [0, 0.05) is 43.7 Å². The third-order valence-electron chi connectivity index (χ3n) is 3.02. The van der Waals surface area contributed by atoms with E-state index < -0.39 is 0 Å². The van der Waals surface area contributed by atoms with Crippen LogP contribution in [0, 0.1) is 0 Å². The lowest BCUT2D eigenvalue weighted by Gasteiger charge is -2.14. The van der Waals surface area contributed by atoms with Crippen LogP contribution >= 0.6 is 0 Å². The van der Waals surface area contributed by atoms with Crippen LogP contribution in [0.5, 0.6) is 0 Å². The van der Waals surface area contributed by atoms with Crippen LogP contribution in [-0.2, 0) is 6.54 Å². The summed E-state index contributed by atoms with van der Waals surface area (Å²) in [7, 11) is 0. The van der Waals surface area contributed by atoms with Crippen LogP contribution in [0.25, 0.3) is 0 Å². The van der Waals surface area contributed by atoms with Gasteiger partial charge in [0.1, 0.15) is 0 Å². The fraction of sp³-hybridized carbons (Fsp3) is 0.583. The fourth-order valence-corrected chi connectivity index (χ4v) is 2.06. The maximum atomic E-state index is 11.4. The van der Waals surface area contributed by atoms with Crippen molar-refractivity contribution in [1.82, 2.24) is 15.2 Å². The Hall–Kier alpha value is -1.13. The predicted octanol–water partition coefficient (Wildman–Crippen LogP) is 0.560. The zero-order valence-corrected chi connectivity index (χ0v) is 9.54. The second-order valence-electron chi connectivity index (χ2n) is 4.26. The van der Waals surface area contributed by atoms with E-state index in [-0.39, 0.29) is 5.43 Å². The third kappa shape index (κ3) is 3.18. The molecule has 1 aromatic rings. The molecule has 2 heterocycles. The van der Waals surface area contributed by atoms with Crippen molar-refractivity contribution in [2.45, 2.75) is 19.4 Å². The lowest BCUT2D eigenvalue weighted by Crippen LogP contribution is -2.30. The predicted molar refractivity (Wildman–Crippen MR) is 64.4 cm³/mol. The summed E-state index contributed by atoms with van der Waals surface area (Å²) in [6, 6.07) is 1.57. The molecule has 4 heteroatoms. The molecular weight excluding hydrogens is 202 g/mol. The number of nitrogens with one attached hydrogen (secondary N) is 2. The first-order valence-electron chi connectivity index (χ1n) is 5.95. The molecular formula is C12H19N3O. The van der Waals surface area contributed by atoms with Gasteiger partial charge in [0.2, 0.25) is 0 Å². The molecule has 1 aromatic heterocycles. The van der Waals surface area contributed by atoms with E-state index >= 15 is 0 Å². The minimum Gasteiger partial charge on any atom is -0.367 e. The normalized spacial score (nSPS) is 16.8. The lowest BCUT2D eigenvalue weighted by molar-refractivity contribution is 0.335. The second kappa shape index (κ2) is 5.82. The van der Waals surface area contributed by atoms with Gasteiger partial charge >= 0.3 is 0 Å². The molecule has 0 atom stereocenters. The molecule has 0 aliphatic carbocycles. The minimum atomic E-state index is 0.104. The van der Waals surface area contributed by atoms with Gasteiger partial charge in [0.25, 0.3) is 0 Å². The summed E-state index contributed by atoms with van der Waals surface area (Å²) in [6.07, 6.45) is 6.10. The summed E-state index contributed by atoms with van der Waals surface area (Å²) in [6.45, 7) is 5.16. The Morgan fingerprint density at radius 3 is 2.94 bits per heavy atom. The van der Waals surface area contributed by atoms with Gasteiger partial charge in [-0.3, -0.25) is 4.79 Å². The van der Waals surface area contributed by atoms with Crippen molar-refractivity contribution in [1.29, 1.82) is 0 Å². The van der Waals surface area contributed by atoms with Gasteiger partial charge in [-0.15, -0.1) is 0 Å². The maximum Gasteiger partial charge on any atom is 0.186 e. The summed E-state index contributed by atoms with van der Waals surface area (Å²) in [5.41, 5.74) is 0.913. The number of rotatable bonds is 5. The van der Waals surface area contributed by atoms with Gasteiger partial charge in [-0.2, -0.15) is 0 Å². The van der Waals surface area contributed by atoms with E-state index in [1.165, 1.54) is 25.9 Å². The summed E-state index contributed by atoms with van der Waals surface area (Å²) >= 11 is 0. The molecule has 0 spiro atoms. The first kappa shape index (κ1) is 11.4. The third-order valence-corrected chi connectivity index (χ3v) is 3.02. The maximum absolute atomic E-state index is 11.4. The van der Waals surface area contributed by atoms with E-state index in [0.29, 0.717) is 6.54 Å². The molecule has 0 radical (unpaired) electrons. The smallest absolute Gasteiger partial charge is 0.186 e. The Morgan fingerprint density at radius 2 is 2.19 bits per heavy atom.